The van der Waals surface area contributed by atoms with E-state index in [0.29, 0.717) is 13.0 Å². The highest BCUT2D eigenvalue weighted by atomic mass is 16.5. The molecule has 0 aliphatic carbocycles. The third-order valence-electron chi connectivity index (χ3n) is 5.11. The first kappa shape index (κ1) is 19.1. The molecule has 0 unspecified atom stereocenters. The van der Waals surface area contributed by atoms with Gasteiger partial charge in [0.25, 0.3) is 0 Å². The van der Waals surface area contributed by atoms with Crippen molar-refractivity contribution in [1.29, 1.82) is 0 Å². The van der Waals surface area contributed by atoms with Crippen LogP contribution in [0.25, 0.3) is 0 Å². The predicted octanol–water partition coefficient (Wildman–Crippen LogP) is 3.15. The zero-order valence-electron chi connectivity index (χ0n) is 16.3. The number of nitrogens with zero attached hydrogens (tertiary/aromatic N) is 1. The summed E-state index contributed by atoms with van der Waals surface area (Å²) in [7, 11) is 1.39. The molecule has 3 rings (SSSR count). The van der Waals surface area contributed by atoms with E-state index in [1.807, 2.05) is 49.9 Å². The van der Waals surface area contributed by atoms with Gasteiger partial charge in [0.05, 0.1) is 13.7 Å². The number of carbonyl (C=O) groups excluding carboxylic acids is 2. The molecule has 5 nitrogen and oxygen atoms in total. The zero-order valence-corrected chi connectivity index (χ0v) is 16.3. The Morgan fingerprint density at radius 2 is 1.74 bits per heavy atom. The highest BCUT2D eigenvalue weighted by molar-refractivity contribution is 5.94. The van der Waals surface area contributed by atoms with E-state index in [-0.39, 0.29) is 18.4 Å². The van der Waals surface area contributed by atoms with Crippen LogP contribution < -0.4 is 5.32 Å². The Morgan fingerprint density at radius 3 is 2.37 bits per heavy atom. The lowest BCUT2D eigenvalue weighted by Gasteiger charge is -2.34. The molecule has 1 atom stereocenters. The number of carbonyl (C=O) groups is 2. The highest BCUT2D eigenvalue weighted by Crippen LogP contribution is 2.25. The number of benzene rings is 2. The topological polar surface area (TPSA) is 58.6 Å². The lowest BCUT2D eigenvalue weighted by atomic mass is 9.94. The first-order valence-corrected chi connectivity index (χ1v) is 9.15. The van der Waals surface area contributed by atoms with Crippen molar-refractivity contribution in [2.45, 2.75) is 39.8 Å². The van der Waals surface area contributed by atoms with Crippen LogP contribution in [0.5, 0.6) is 0 Å². The predicted molar refractivity (Wildman–Crippen MR) is 106 cm³/mol. The molecular weight excluding hydrogens is 340 g/mol. The second-order valence-corrected chi connectivity index (χ2v) is 7.24. The van der Waals surface area contributed by atoms with Gasteiger partial charge in [-0.2, -0.15) is 0 Å². The van der Waals surface area contributed by atoms with Crippen molar-refractivity contribution >= 4 is 17.6 Å². The van der Waals surface area contributed by atoms with Crippen LogP contribution in [0.1, 0.15) is 27.8 Å². The summed E-state index contributed by atoms with van der Waals surface area (Å²) in [4.78, 5) is 26.9. The summed E-state index contributed by atoms with van der Waals surface area (Å²) >= 11 is 0. The Kier molecular flexibility index (Phi) is 5.61. The molecule has 0 saturated carbocycles. The van der Waals surface area contributed by atoms with Crippen LogP contribution in [-0.2, 0) is 27.3 Å². The van der Waals surface area contributed by atoms with E-state index in [9.17, 15) is 9.59 Å². The molecule has 5 heteroatoms. The van der Waals surface area contributed by atoms with Gasteiger partial charge in [-0.25, -0.2) is 0 Å². The lowest BCUT2D eigenvalue weighted by molar-refractivity contribution is -0.148. The Balaban J connectivity index is 1.78. The minimum Gasteiger partial charge on any atom is -0.468 e. The number of aryl methyl sites for hydroxylation is 3. The van der Waals surface area contributed by atoms with Gasteiger partial charge in [0, 0.05) is 12.2 Å². The first-order chi connectivity index (χ1) is 12.9. The number of hydrogen-bond donors (Lipinski definition) is 1. The van der Waals surface area contributed by atoms with Crippen LogP contribution in [0, 0.1) is 20.8 Å². The van der Waals surface area contributed by atoms with Gasteiger partial charge in [-0.05, 0) is 49.4 Å². The van der Waals surface area contributed by atoms with Crippen molar-refractivity contribution in [2.24, 2.45) is 0 Å². The number of ether oxygens (including phenoxy) is 1. The van der Waals surface area contributed by atoms with Gasteiger partial charge in [0.1, 0.15) is 6.04 Å². The molecule has 0 bridgehead atoms. The molecule has 0 saturated heterocycles. The minimum absolute atomic E-state index is 0.127. The monoisotopic (exact) mass is 366 g/mol. The lowest BCUT2D eigenvalue weighted by Crippen LogP contribution is -2.49. The van der Waals surface area contributed by atoms with E-state index in [0.717, 1.165) is 27.9 Å². The molecule has 0 spiro atoms. The van der Waals surface area contributed by atoms with Crippen molar-refractivity contribution in [3.8, 4) is 0 Å². The second kappa shape index (κ2) is 7.92. The van der Waals surface area contributed by atoms with Crippen LogP contribution >= 0.6 is 0 Å². The Hall–Kier alpha value is -2.66. The SMILES string of the molecule is COC(=O)[C@@H]1Cc2ccccc2CN1CC(=O)Nc1c(C)cc(C)cc1C. The van der Waals surface area contributed by atoms with Crippen LogP contribution in [0.4, 0.5) is 5.69 Å². The molecule has 27 heavy (non-hydrogen) atoms. The molecule has 0 fully saturated rings. The molecule has 0 aromatic heterocycles. The largest absolute Gasteiger partial charge is 0.468 e. The maximum absolute atomic E-state index is 12.7. The van der Waals surface area contributed by atoms with Gasteiger partial charge in [0.2, 0.25) is 5.91 Å². The zero-order chi connectivity index (χ0) is 19.6. The number of amides is 1. The molecule has 1 heterocycles. The van der Waals surface area contributed by atoms with Gasteiger partial charge < -0.3 is 10.1 Å². The standard InChI is InChI=1S/C22H26N2O3/c1-14-9-15(2)21(16(3)10-14)23-20(25)13-24-12-18-8-6-5-7-17(18)11-19(24)22(26)27-4/h5-10,19H,11-13H2,1-4H3,(H,23,25)/t19-/m0/s1. The van der Waals surface area contributed by atoms with E-state index in [4.69, 9.17) is 4.74 Å². The Labute approximate surface area is 160 Å². The van der Waals surface area contributed by atoms with E-state index in [2.05, 4.69) is 17.4 Å². The number of fused-ring (bicyclic) bond motifs is 1. The summed E-state index contributed by atoms with van der Waals surface area (Å²) in [5, 5.41) is 3.02. The van der Waals surface area contributed by atoms with Crippen LogP contribution in [-0.4, -0.2) is 36.5 Å². The first-order valence-electron chi connectivity index (χ1n) is 9.15. The summed E-state index contributed by atoms with van der Waals surface area (Å²) in [5.74, 6) is -0.432. The van der Waals surface area contributed by atoms with Crippen molar-refractivity contribution in [2.75, 3.05) is 19.0 Å². The maximum Gasteiger partial charge on any atom is 0.323 e. The molecular formula is C22H26N2O3. The Bertz CT molecular complexity index is 853. The quantitative estimate of drug-likeness (QED) is 0.845. The third kappa shape index (κ3) is 4.19. The summed E-state index contributed by atoms with van der Waals surface area (Å²) in [6, 6.07) is 11.7. The fourth-order valence-electron chi connectivity index (χ4n) is 3.85. The summed E-state index contributed by atoms with van der Waals surface area (Å²) in [6.07, 6.45) is 0.554. The molecule has 1 aliphatic rings. The van der Waals surface area contributed by atoms with Crippen molar-refractivity contribution in [1.82, 2.24) is 4.90 Å². The minimum atomic E-state index is -0.448. The number of esters is 1. The number of hydrogen-bond acceptors (Lipinski definition) is 4. The van der Waals surface area contributed by atoms with Gasteiger partial charge >= 0.3 is 5.97 Å². The fourth-order valence-corrected chi connectivity index (χ4v) is 3.85. The number of nitrogens with one attached hydrogen (secondary N) is 1. The number of anilines is 1. The van der Waals surface area contributed by atoms with E-state index >= 15 is 0 Å². The molecule has 2 aromatic rings. The van der Waals surface area contributed by atoms with Crippen LogP contribution in [0.15, 0.2) is 36.4 Å². The van der Waals surface area contributed by atoms with E-state index in [1.54, 1.807) is 0 Å². The molecule has 2 aromatic carbocycles. The van der Waals surface area contributed by atoms with Gasteiger partial charge in [-0.15, -0.1) is 0 Å². The van der Waals surface area contributed by atoms with Crippen molar-refractivity contribution in [3.63, 3.8) is 0 Å². The van der Waals surface area contributed by atoms with Gasteiger partial charge in [-0.1, -0.05) is 42.0 Å². The van der Waals surface area contributed by atoms with Crippen molar-refractivity contribution in [3.05, 3.63) is 64.2 Å². The Morgan fingerprint density at radius 1 is 1.11 bits per heavy atom. The summed E-state index contributed by atoms with van der Waals surface area (Å²) in [5.41, 5.74) is 6.37. The molecule has 142 valence electrons. The average molecular weight is 366 g/mol. The average Bonchev–Trinajstić information content (AvgIpc) is 2.63. The van der Waals surface area contributed by atoms with Gasteiger partial charge in [0.15, 0.2) is 0 Å². The van der Waals surface area contributed by atoms with E-state index in [1.165, 1.54) is 12.7 Å². The fraction of sp³-hybridized carbons (Fsp3) is 0.364. The maximum atomic E-state index is 12.7. The molecule has 1 aliphatic heterocycles. The number of methoxy groups -OCH3 is 1. The molecule has 0 radical (unpaired) electrons. The summed E-state index contributed by atoms with van der Waals surface area (Å²) < 4.78 is 4.97. The van der Waals surface area contributed by atoms with Crippen molar-refractivity contribution < 1.29 is 14.3 Å². The molecule has 1 N–H and O–H groups in total. The highest BCUT2D eigenvalue weighted by Gasteiger charge is 2.33. The van der Waals surface area contributed by atoms with E-state index < -0.39 is 6.04 Å². The number of rotatable bonds is 4. The van der Waals surface area contributed by atoms with Gasteiger partial charge in [-0.3, -0.25) is 14.5 Å². The normalized spacial score (nSPS) is 16.5. The van der Waals surface area contributed by atoms with Crippen LogP contribution in [0.3, 0.4) is 0 Å². The molecule has 1 amide bonds. The smallest absolute Gasteiger partial charge is 0.323 e. The second-order valence-electron chi connectivity index (χ2n) is 7.24. The van der Waals surface area contributed by atoms with Crippen LogP contribution in [0.2, 0.25) is 0 Å². The third-order valence-corrected chi connectivity index (χ3v) is 5.11. The summed E-state index contributed by atoms with van der Waals surface area (Å²) in [6.45, 7) is 6.71.